The van der Waals surface area contributed by atoms with Gasteiger partial charge in [0, 0.05) is 36.4 Å². The van der Waals surface area contributed by atoms with Crippen molar-refractivity contribution in [3.63, 3.8) is 0 Å². The zero-order chi connectivity index (χ0) is 11.4. The van der Waals surface area contributed by atoms with Crippen molar-refractivity contribution in [2.45, 2.75) is 12.5 Å². The molecule has 84 valence electrons. The molecule has 0 aliphatic carbocycles. The van der Waals surface area contributed by atoms with E-state index in [4.69, 9.17) is 5.11 Å². The largest absolute Gasteiger partial charge is 0.396 e. The highest BCUT2D eigenvalue weighted by Gasteiger charge is 2.13. The van der Waals surface area contributed by atoms with Crippen molar-refractivity contribution < 1.29 is 5.11 Å². The van der Waals surface area contributed by atoms with E-state index in [0.717, 1.165) is 10.0 Å². The summed E-state index contributed by atoms with van der Waals surface area (Å²) in [5, 5.41) is 8.87. The molecule has 0 saturated carbocycles. The lowest BCUT2D eigenvalue weighted by Crippen LogP contribution is -2.21. The Morgan fingerprint density at radius 3 is 2.93 bits per heavy atom. The molecule has 1 heterocycles. The number of aliphatic hydroxyl groups excluding tert-OH is 1. The Labute approximate surface area is 102 Å². The molecule has 1 aromatic rings. The molecule has 0 spiro atoms. The number of rotatable bonds is 4. The Morgan fingerprint density at radius 1 is 1.73 bits per heavy atom. The minimum absolute atomic E-state index is 0.0415. The lowest BCUT2D eigenvalue weighted by Gasteiger charge is -2.16. The highest BCUT2D eigenvalue weighted by molar-refractivity contribution is 9.10. The van der Waals surface area contributed by atoms with Crippen LogP contribution in [0.15, 0.2) is 21.5 Å². The quantitative estimate of drug-likeness (QED) is 0.726. The molecule has 15 heavy (non-hydrogen) atoms. The van der Waals surface area contributed by atoms with Gasteiger partial charge in [-0.15, -0.1) is 0 Å². The molecule has 0 fully saturated rings. The number of aromatic nitrogens is 1. The Kier molecular flexibility index (Phi) is 4.85. The Hall–Kier alpha value is -0.300. The first-order valence-corrected chi connectivity index (χ1v) is 5.70. The van der Waals surface area contributed by atoms with Crippen LogP contribution in [-0.2, 0) is 7.05 Å². The van der Waals surface area contributed by atoms with Gasteiger partial charge < -0.3 is 9.67 Å². The van der Waals surface area contributed by atoms with Crippen LogP contribution in [0.5, 0.6) is 0 Å². The molecule has 0 aliphatic heterocycles. The number of hydrogen-bond donors (Lipinski definition) is 3. The van der Waals surface area contributed by atoms with Crippen LogP contribution in [0.1, 0.15) is 18.0 Å². The average Bonchev–Trinajstić information content (AvgIpc) is 2.20. The fraction of sp³-hybridized carbons (Fsp3) is 0.444. The van der Waals surface area contributed by atoms with Crippen LogP contribution in [0.4, 0.5) is 0 Å². The average molecular weight is 293 g/mol. The summed E-state index contributed by atoms with van der Waals surface area (Å²) in [5.41, 5.74) is 0.724. The van der Waals surface area contributed by atoms with Crippen LogP contribution in [0.3, 0.4) is 0 Å². The first-order chi connectivity index (χ1) is 7.10. The molecule has 2 N–H and O–H groups in total. The van der Waals surface area contributed by atoms with Gasteiger partial charge in [0.05, 0.1) is 0 Å². The molecule has 1 rings (SSSR count). The van der Waals surface area contributed by atoms with E-state index in [1.54, 1.807) is 13.2 Å². The van der Waals surface area contributed by atoms with Gasteiger partial charge in [0.15, 0.2) is 0 Å². The number of nitrogens with one attached hydrogen (secondary N) is 1. The van der Waals surface area contributed by atoms with Crippen LogP contribution in [0, 0.1) is 0 Å². The second-order valence-corrected chi connectivity index (χ2v) is 4.33. The van der Waals surface area contributed by atoms with E-state index < -0.39 is 0 Å². The molecular formula is C9H13BrN2O2S. The van der Waals surface area contributed by atoms with Crippen LogP contribution < -0.4 is 10.3 Å². The second-order valence-electron chi connectivity index (χ2n) is 3.22. The molecule has 0 aromatic carbocycles. The summed E-state index contributed by atoms with van der Waals surface area (Å²) < 4.78 is 5.07. The fourth-order valence-electron chi connectivity index (χ4n) is 1.30. The maximum Gasteiger partial charge on any atom is 0.250 e. The molecule has 0 amide bonds. The molecule has 0 radical (unpaired) electrons. The molecule has 1 aromatic heterocycles. The van der Waals surface area contributed by atoms with Gasteiger partial charge in [-0.3, -0.25) is 9.52 Å². The van der Waals surface area contributed by atoms with E-state index in [-0.39, 0.29) is 18.2 Å². The Bertz CT molecular complexity index is 394. The van der Waals surface area contributed by atoms with E-state index in [1.165, 1.54) is 10.6 Å². The number of pyridine rings is 1. The molecule has 0 unspecified atom stereocenters. The maximum absolute atomic E-state index is 11.4. The number of nitrogens with zero attached hydrogens (tertiary/aromatic N) is 1. The lowest BCUT2D eigenvalue weighted by atomic mass is 10.1. The number of halogens is 1. The summed E-state index contributed by atoms with van der Waals surface area (Å²) >= 11 is 7.35. The van der Waals surface area contributed by atoms with E-state index in [2.05, 4.69) is 33.5 Å². The van der Waals surface area contributed by atoms with Gasteiger partial charge in [-0.05, 0) is 27.9 Å². The number of thiol groups is 1. The molecule has 0 bridgehead atoms. The van der Waals surface area contributed by atoms with Crippen molar-refractivity contribution in [2.75, 3.05) is 6.61 Å². The highest BCUT2D eigenvalue weighted by atomic mass is 79.9. The minimum atomic E-state index is -0.137. The van der Waals surface area contributed by atoms with Gasteiger partial charge in [-0.1, -0.05) is 12.8 Å². The molecule has 0 aliphatic rings. The van der Waals surface area contributed by atoms with E-state index in [0.29, 0.717) is 6.42 Å². The van der Waals surface area contributed by atoms with Gasteiger partial charge in [0.2, 0.25) is 0 Å². The lowest BCUT2D eigenvalue weighted by molar-refractivity contribution is 0.273. The van der Waals surface area contributed by atoms with Gasteiger partial charge in [0.1, 0.15) is 0 Å². The Morgan fingerprint density at radius 2 is 2.40 bits per heavy atom. The van der Waals surface area contributed by atoms with Gasteiger partial charge in [-0.2, -0.15) is 0 Å². The van der Waals surface area contributed by atoms with E-state index in [9.17, 15) is 4.79 Å². The number of aryl methyl sites for hydroxylation is 1. The molecule has 6 heteroatoms. The smallest absolute Gasteiger partial charge is 0.250 e. The van der Waals surface area contributed by atoms with Crippen molar-refractivity contribution in [3.05, 3.63) is 32.7 Å². The third kappa shape index (κ3) is 3.07. The van der Waals surface area contributed by atoms with Crippen LogP contribution in [0.2, 0.25) is 0 Å². The van der Waals surface area contributed by atoms with Crippen LogP contribution in [-0.4, -0.2) is 16.3 Å². The van der Waals surface area contributed by atoms with E-state index in [1.807, 2.05) is 0 Å². The third-order valence-corrected chi connectivity index (χ3v) is 3.13. The maximum atomic E-state index is 11.4. The summed E-state index contributed by atoms with van der Waals surface area (Å²) in [6, 6.07) is 1.40. The SMILES string of the molecule is Cn1cc(Br)c([C@H](CCO)NS)cc1=O. The molecule has 4 nitrogen and oxygen atoms in total. The van der Waals surface area contributed by atoms with Crippen molar-refractivity contribution in [3.8, 4) is 0 Å². The van der Waals surface area contributed by atoms with Crippen molar-refractivity contribution in [2.24, 2.45) is 7.05 Å². The van der Waals surface area contributed by atoms with Crippen LogP contribution in [0.25, 0.3) is 0 Å². The summed E-state index contributed by atoms with van der Waals surface area (Å²) in [6.07, 6.45) is 2.21. The third-order valence-electron chi connectivity index (χ3n) is 2.16. The van der Waals surface area contributed by atoms with Crippen molar-refractivity contribution in [1.82, 2.24) is 9.29 Å². The first kappa shape index (κ1) is 12.8. The zero-order valence-electron chi connectivity index (χ0n) is 8.27. The monoisotopic (exact) mass is 292 g/mol. The molecule has 0 saturated heterocycles. The normalized spacial score (nSPS) is 12.8. The molecular weight excluding hydrogens is 280 g/mol. The number of aliphatic hydroxyl groups is 1. The van der Waals surface area contributed by atoms with Gasteiger partial charge in [-0.25, -0.2) is 0 Å². The Balaban J connectivity index is 3.12. The predicted octanol–water partition coefficient (Wildman–Crippen LogP) is 1.01. The summed E-state index contributed by atoms with van der Waals surface area (Å²) in [7, 11) is 1.69. The highest BCUT2D eigenvalue weighted by Crippen LogP contribution is 2.24. The van der Waals surface area contributed by atoms with Crippen LogP contribution >= 0.6 is 28.7 Å². The first-order valence-electron chi connectivity index (χ1n) is 4.46. The summed E-state index contributed by atoms with van der Waals surface area (Å²) in [5.74, 6) is 0. The number of hydrogen-bond acceptors (Lipinski definition) is 4. The summed E-state index contributed by atoms with van der Waals surface area (Å²) in [6.45, 7) is 0.0415. The zero-order valence-corrected chi connectivity index (χ0v) is 10.8. The topological polar surface area (TPSA) is 54.3 Å². The van der Waals surface area contributed by atoms with Gasteiger partial charge >= 0.3 is 0 Å². The standard InChI is InChI=1S/C9H13BrN2O2S/c1-12-5-7(10)6(4-9(12)14)8(11-15)2-3-13/h4-5,8,11,13,15H,2-3H2,1H3/t8-/m0/s1. The van der Waals surface area contributed by atoms with Crippen molar-refractivity contribution in [1.29, 1.82) is 0 Å². The molecule has 1 atom stereocenters. The summed E-state index contributed by atoms with van der Waals surface area (Å²) in [4.78, 5) is 11.4. The van der Waals surface area contributed by atoms with E-state index >= 15 is 0 Å². The minimum Gasteiger partial charge on any atom is -0.396 e. The fourth-order valence-corrected chi connectivity index (χ4v) is 2.26. The van der Waals surface area contributed by atoms with Crippen molar-refractivity contribution >= 4 is 28.7 Å². The predicted molar refractivity (Wildman–Crippen MR) is 65.9 cm³/mol. The second kappa shape index (κ2) is 5.69. The van der Waals surface area contributed by atoms with Gasteiger partial charge in [0.25, 0.3) is 5.56 Å².